The maximum atomic E-state index is 13.1. The van der Waals surface area contributed by atoms with Crippen molar-refractivity contribution in [3.05, 3.63) is 53.5 Å². The highest BCUT2D eigenvalue weighted by atomic mass is 19.1. The molecule has 2 N–H and O–H groups in total. The van der Waals surface area contributed by atoms with Gasteiger partial charge in [0.05, 0.1) is 6.33 Å². The van der Waals surface area contributed by atoms with E-state index in [4.69, 9.17) is 9.63 Å². The SMILES string of the molecule is O=C(O)c1nc[nH]c1-c1nc(Cc2cccc(F)c2)no1. The van der Waals surface area contributed by atoms with Gasteiger partial charge in [0.25, 0.3) is 5.89 Å². The van der Waals surface area contributed by atoms with Gasteiger partial charge in [-0.15, -0.1) is 0 Å². The number of aromatic carboxylic acids is 1. The number of nitrogens with one attached hydrogen (secondary N) is 1. The van der Waals surface area contributed by atoms with E-state index in [-0.39, 0.29) is 29.5 Å². The molecule has 0 saturated carbocycles. The summed E-state index contributed by atoms with van der Waals surface area (Å²) in [4.78, 5) is 21.4. The second kappa shape index (κ2) is 5.16. The van der Waals surface area contributed by atoms with Crippen LogP contribution in [0.3, 0.4) is 0 Å². The molecular formula is C13H9FN4O3. The van der Waals surface area contributed by atoms with Crippen molar-refractivity contribution in [2.75, 3.05) is 0 Å². The minimum atomic E-state index is -1.20. The summed E-state index contributed by atoms with van der Waals surface area (Å²) in [5.41, 5.74) is 0.627. The largest absolute Gasteiger partial charge is 0.476 e. The third-order valence-electron chi connectivity index (χ3n) is 2.78. The number of aromatic amines is 1. The maximum Gasteiger partial charge on any atom is 0.356 e. The van der Waals surface area contributed by atoms with Crippen molar-refractivity contribution in [1.82, 2.24) is 20.1 Å². The van der Waals surface area contributed by atoms with E-state index in [9.17, 15) is 9.18 Å². The lowest BCUT2D eigenvalue weighted by atomic mass is 10.1. The molecule has 3 rings (SSSR count). The summed E-state index contributed by atoms with van der Waals surface area (Å²) in [6.07, 6.45) is 1.51. The highest BCUT2D eigenvalue weighted by molar-refractivity contribution is 5.91. The van der Waals surface area contributed by atoms with Gasteiger partial charge >= 0.3 is 5.97 Å². The molecule has 21 heavy (non-hydrogen) atoms. The number of hydrogen-bond acceptors (Lipinski definition) is 5. The Hall–Kier alpha value is -3.03. The van der Waals surface area contributed by atoms with Crippen molar-refractivity contribution in [2.45, 2.75) is 6.42 Å². The van der Waals surface area contributed by atoms with E-state index in [1.807, 2.05) is 0 Å². The first-order valence-electron chi connectivity index (χ1n) is 5.97. The van der Waals surface area contributed by atoms with Crippen LogP contribution < -0.4 is 0 Å². The van der Waals surface area contributed by atoms with E-state index in [1.54, 1.807) is 12.1 Å². The van der Waals surface area contributed by atoms with E-state index >= 15 is 0 Å². The summed E-state index contributed by atoms with van der Waals surface area (Å²) >= 11 is 0. The van der Waals surface area contributed by atoms with Crippen LogP contribution in [0.15, 0.2) is 35.1 Å². The van der Waals surface area contributed by atoms with Crippen molar-refractivity contribution < 1.29 is 18.8 Å². The van der Waals surface area contributed by atoms with Crippen molar-refractivity contribution in [1.29, 1.82) is 0 Å². The lowest BCUT2D eigenvalue weighted by Crippen LogP contribution is -1.99. The molecule has 0 aliphatic rings. The predicted octanol–water partition coefficient (Wildman–Crippen LogP) is 1.89. The molecule has 7 nitrogen and oxygen atoms in total. The summed E-state index contributed by atoms with van der Waals surface area (Å²) < 4.78 is 18.1. The Labute approximate surface area is 117 Å². The highest BCUT2D eigenvalue weighted by Gasteiger charge is 2.20. The number of H-pyrrole nitrogens is 1. The zero-order valence-electron chi connectivity index (χ0n) is 10.6. The Kier molecular flexibility index (Phi) is 3.19. The fourth-order valence-corrected chi connectivity index (χ4v) is 1.88. The summed E-state index contributed by atoms with van der Waals surface area (Å²) in [5, 5.41) is 12.7. The van der Waals surface area contributed by atoms with E-state index in [0.717, 1.165) is 0 Å². The molecule has 106 valence electrons. The Morgan fingerprint density at radius 1 is 1.43 bits per heavy atom. The van der Waals surface area contributed by atoms with Crippen molar-refractivity contribution in [3.8, 4) is 11.6 Å². The normalized spacial score (nSPS) is 10.7. The number of benzene rings is 1. The summed E-state index contributed by atoms with van der Waals surface area (Å²) in [6.45, 7) is 0. The molecule has 0 saturated heterocycles. The van der Waals surface area contributed by atoms with Gasteiger partial charge in [0.1, 0.15) is 11.5 Å². The van der Waals surface area contributed by atoms with E-state index in [1.165, 1.54) is 18.5 Å². The molecule has 0 atom stereocenters. The van der Waals surface area contributed by atoms with Crippen LogP contribution in [-0.4, -0.2) is 31.2 Å². The topological polar surface area (TPSA) is 105 Å². The number of carbonyl (C=O) groups is 1. The highest BCUT2D eigenvalue weighted by Crippen LogP contribution is 2.19. The van der Waals surface area contributed by atoms with Gasteiger partial charge in [0.2, 0.25) is 0 Å². The quantitative estimate of drug-likeness (QED) is 0.759. The molecule has 0 amide bonds. The molecule has 1 aromatic carbocycles. The van der Waals surface area contributed by atoms with Crippen LogP contribution in [0.4, 0.5) is 4.39 Å². The summed E-state index contributed by atoms with van der Waals surface area (Å²) in [6, 6.07) is 6.03. The van der Waals surface area contributed by atoms with Gasteiger partial charge in [0.15, 0.2) is 11.5 Å². The molecule has 0 bridgehead atoms. The molecule has 0 aliphatic carbocycles. The minimum absolute atomic E-state index is 0.0244. The molecular weight excluding hydrogens is 279 g/mol. The molecule has 0 aliphatic heterocycles. The van der Waals surface area contributed by atoms with Crippen LogP contribution in [0.2, 0.25) is 0 Å². The van der Waals surface area contributed by atoms with Crippen molar-refractivity contribution in [2.24, 2.45) is 0 Å². The number of rotatable bonds is 4. The third kappa shape index (κ3) is 2.64. The summed E-state index contributed by atoms with van der Waals surface area (Å²) in [5.74, 6) is -1.20. The van der Waals surface area contributed by atoms with Crippen molar-refractivity contribution in [3.63, 3.8) is 0 Å². The fraction of sp³-hybridized carbons (Fsp3) is 0.0769. The van der Waals surface area contributed by atoms with Crippen LogP contribution >= 0.6 is 0 Å². The Bertz CT molecular complexity index is 796. The molecule has 0 radical (unpaired) electrons. The van der Waals surface area contributed by atoms with Crippen LogP contribution in [0.1, 0.15) is 21.9 Å². The zero-order chi connectivity index (χ0) is 14.8. The van der Waals surface area contributed by atoms with E-state index in [2.05, 4.69) is 20.1 Å². The van der Waals surface area contributed by atoms with Crippen LogP contribution in [0, 0.1) is 5.82 Å². The van der Waals surface area contributed by atoms with Gasteiger partial charge in [-0.2, -0.15) is 4.98 Å². The average Bonchev–Trinajstić information content (AvgIpc) is 3.06. The Balaban J connectivity index is 1.86. The molecule has 2 aromatic heterocycles. The van der Waals surface area contributed by atoms with Gasteiger partial charge < -0.3 is 14.6 Å². The van der Waals surface area contributed by atoms with Gasteiger partial charge in [-0.05, 0) is 17.7 Å². The van der Waals surface area contributed by atoms with Gasteiger partial charge in [-0.3, -0.25) is 0 Å². The average molecular weight is 288 g/mol. The second-order valence-corrected chi connectivity index (χ2v) is 4.25. The first-order chi connectivity index (χ1) is 10.1. The molecule has 0 spiro atoms. The predicted molar refractivity (Wildman–Crippen MR) is 68.0 cm³/mol. The zero-order valence-corrected chi connectivity index (χ0v) is 10.6. The molecule has 8 heteroatoms. The number of carboxylic acids is 1. The molecule has 0 fully saturated rings. The second-order valence-electron chi connectivity index (χ2n) is 4.25. The number of carboxylic acid groups (broad SMARTS) is 1. The standard InChI is InChI=1S/C13H9FN4O3/c14-8-3-1-2-7(4-8)5-9-17-12(21-18-9)10-11(13(19)20)16-6-15-10/h1-4,6H,5H2,(H,15,16)(H,19,20). The molecule has 0 unspecified atom stereocenters. The van der Waals surface area contributed by atoms with Crippen LogP contribution in [0.25, 0.3) is 11.6 Å². The summed E-state index contributed by atoms with van der Waals surface area (Å²) in [7, 11) is 0. The lowest BCUT2D eigenvalue weighted by Gasteiger charge is -1.96. The Morgan fingerprint density at radius 2 is 2.29 bits per heavy atom. The van der Waals surface area contributed by atoms with Gasteiger partial charge in [-0.25, -0.2) is 14.2 Å². The van der Waals surface area contributed by atoms with Crippen LogP contribution in [0.5, 0.6) is 0 Å². The van der Waals surface area contributed by atoms with Gasteiger partial charge in [0, 0.05) is 6.42 Å². The number of aromatic nitrogens is 4. The van der Waals surface area contributed by atoms with Gasteiger partial charge in [-0.1, -0.05) is 17.3 Å². The Morgan fingerprint density at radius 3 is 3.05 bits per heavy atom. The third-order valence-corrected chi connectivity index (χ3v) is 2.78. The minimum Gasteiger partial charge on any atom is -0.476 e. The number of imidazole rings is 1. The monoisotopic (exact) mass is 288 g/mol. The number of nitrogens with zero attached hydrogens (tertiary/aromatic N) is 3. The molecule has 3 aromatic rings. The first-order valence-corrected chi connectivity index (χ1v) is 5.97. The maximum absolute atomic E-state index is 13.1. The van der Waals surface area contributed by atoms with E-state index < -0.39 is 5.97 Å². The van der Waals surface area contributed by atoms with Crippen LogP contribution in [-0.2, 0) is 6.42 Å². The van der Waals surface area contributed by atoms with Crippen molar-refractivity contribution >= 4 is 5.97 Å². The first kappa shape index (κ1) is 13.0. The number of halogens is 1. The molecule has 2 heterocycles. The number of hydrogen-bond donors (Lipinski definition) is 2. The fourth-order valence-electron chi connectivity index (χ4n) is 1.88. The smallest absolute Gasteiger partial charge is 0.356 e. The lowest BCUT2D eigenvalue weighted by molar-refractivity contribution is 0.0691. The van der Waals surface area contributed by atoms with E-state index in [0.29, 0.717) is 11.4 Å².